The van der Waals surface area contributed by atoms with Crippen LogP contribution >= 0.6 is 0 Å². The predicted molar refractivity (Wildman–Crippen MR) is 93.8 cm³/mol. The van der Waals surface area contributed by atoms with E-state index in [-0.39, 0.29) is 0 Å². The first-order valence-electron chi connectivity index (χ1n) is 8.89. The number of likely N-dealkylation sites (tertiary alicyclic amines) is 1. The number of aliphatic imine (C=N–C) groups is 1. The number of hydrogen-bond acceptors (Lipinski definition) is 3. The van der Waals surface area contributed by atoms with E-state index in [1.54, 1.807) is 6.26 Å². The van der Waals surface area contributed by atoms with Gasteiger partial charge in [0.25, 0.3) is 0 Å². The molecule has 2 heterocycles. The number of furan rings is 1. The highest BCUT2D eigenvalue weighted by atomic mass is 16.5. The molecule has 0 bridgehead atoms. The lowest BCUT2D eigenvalue weighted by atomic mass is 10.1. The molecule has 5 heteroatoms. The zero-order valence-corrected chi connectivity index (χ0v) is 14.8. The largest absolute Gasteiger partial charge is 0.469 e. The van der Waals surface area contributed by atoms with Crippen LogP contribution in [0.2, 0.25) is 0 Å². The summed E-state index contributed by atoms with van der Waals surface area (Å²) >= 11 is 0. The number of rotatable bonds is 8. The summed E-state index contributed by atoms with van der Waals surface area (Å²) in [7, 11) is 0. The van der Waals surface area contributed by atoms with Gasteiger partial charge in [0.15, 0.2) is 5.96 Å². The Kier molecular flexibility index (Phi) is 7.46. The highest BCUT2D eigenvalue weighted by Crippen LogP contribution is 2.17. The first kappa shape index (κ1) is 17.9. The summed E-state index contributed by atoms with van der Waals surface area (Å²) in [4.78, 5) is 7.19. The van der Waals surface area contributed by atoms with Crippen molar-refractivity contribution in [2.24, 2.45) is 10.9 Å². The molecule has 0 aliphatic carbocycles. The highest BCUT2D eigenvalue weighted by Gasteiger charge is 2.25. The van der Waals surface area contributed by atoms with Gasteiger partial charge in [0.05, 0.1) is 12.9 Å². The van der Waals surface area contributed by atoms with Crippen LogP contribution in [0.4, 0.5) is 0 Å². The molecule has 1 fully saturated rings. The smallest absolute Gasteiger partial charge is 0.194 e. The van der Waals surface area contributed by atoms with Crippen LogP contribution in [0.5, 0.6) is 0 Å². The van der Waals surface area contributed by atoms with Gasteiger partial charge in [-0.25, -0.2) is 0 Å². The number of nitrogens with zero attached hydrogens (tertiary/aromatic N) is 2. The number of ether oxygens (including phenoxy) is 1. The van der Waals surface area contributed by atoms with Gasteiger partial charge in [0.2, 0.25) is 0 Å². The average Bonchev–Trinajstić information content (AvgIpc) is 3.23. The van der Waals surface area contributed by atoms with Crippen molar-refractivity contribution in [3.05, 3.63) is 24.2 Å². The van der Waals surface area contributed by atoms with Gasteiger partial charge in [0.1, 0.15) is 5.76 Å². The summed E-state index contributed by atoms with van der Waals surface area (Å²) in [5.74, 6) is 2.64. The minimum atomic E-state index is 0.434. The Morgan fingerprint density at radius 2 is 2.39 bits per heavy atom. The maximum absolute atomic E-state index is 5.58. The van der Waals surface area contributed by atoms with Gasteiger partial charge in [-0.3, -0.25) is 4.99 Å². The molecule has 1 aromatic heterocycles. The molecule has 130 valence electrons. The van der Waals surface area contributed by atoms with E-state index in [1.165, 1.54) is 6.42 Å². The Bertz CT molecular complexity index is 459. The fraction of sp³-hybridized carbons (Fsp3) is 0.722. The van der Waals surface area contributed by atoms with Gasteiger partial charge in [0, 0.05) is 44.6 Å². The Labute approximate surface area is 140 Å². The zero-order valence-electron chi connectivity index (χ0n) is 14.8. The van der Waals surface area contributed by atoms with Gasteiger partial charge in [-0.2, -0.15) is 0 Å². The molecule has 2 unspecified atom stereocenters. The summed E-state index contributed by atoms with van der Waals surface area (Å²) in [5, 5.41) is 3.57. The van der Waals surface area contributed by atoms with Crippen LogP contribution in [0.15, 0.2) is 27.8 Å². The Morgan fingerprint density at radius 3 is 3.09 bits per heavy atom. The maximum Gasteiger partial charge on any atom is 0.194 e. The van der Waals surface area contributed by atoms with E-state index in [9.17, 15) is 0 Å². The quantitative estimate of drug-likeness (QED) is 0.591. The first-order chi connectivity index (χ1) is 11.2. The lowest BCUT2D eigenvalue weighted by Crippen LogP contribution is -2.44. The van der Waals surface area contributed by atoms with E-state index in [1.807, 2.05) is 12.1 Å². The van der Waals surface area contributed by atoms with Crippen molar-refractivity contribution >= 4 is 5.96 Å². The van der Waals surface area contributed by atoms with Gasteiger partial charge < -0.3 is 19.4 Å². The van der Waals surface area contributed by atoms with Crippen molar-refractivity contribution in [1.82, 2.24) is 10.2 Å². The van der Waals surface area contributed by atoms with Crippen LogP contribution in [0, 0.1) is 5.92 Å². The summed E-state index contributed by atoms with van der Waals surface area (Å²) in [6, 6.07) is 4.37. The molecule has 1 N–H and O–H groups in total. The summed E-state index contributed by atoms with van der Waals surface area (Å²) < 4.78 is 11.0. The molecule has 0 spiro atoms. The molecule has 2 rings (SSSR count). The number of hydrogen-bond donors (Lipinski definition) is 1. The molecule has 1 aliphatic heterocycles. The van der Waals surface area contributed by atoms with Gasteiger partial charge in [-0.15, -0.1) is 0 Å². The summed E-state index contributed by atoms with van der Waals surface area (Å²) in [5.41, 5.74) is 0. The normalized spacial score (nSPS) is 20.0. The minimum absolute atomic E-state index is 0.434. The molecule has 1 saturated heterocycles. The molecule has 1 aliphatic rings. The second kappa shape index (κ2) is 9.60. The third-order valence-corrected chi connectivity index (χ3v) is 4.33. The topological polar surface area (TPSA) is 50.0 Å². The molecule has 23 heavy (non-hydrogen) atoms. The average molecular weight is 321 g/mol. The van der Waals surface area contributed by atoms with E-state index in [2.05, 4.69) is 31.0 Å². The molecule has 5 nitrogen and oxygen atoms in total. The molecule has 0 aromatic carbocycles. The Balaban J connectivity index is 1.90. The van der Waals surface area contributed by atoms with Crippen LogP contribution < -0.4 is 5.32 Å². The van der Waals surface area contributed by atoms with Crippen molar-refractivity contribution in [2.75, 3.05) is 32.8 Å². The van der Waals surface area contributed by atoms with Crippen molar-refractivity contribution in [1.29, 1.82) is 0 Å². The van der Waals surface area contributed by atoms with E-state index in [0.717, 1.165) is 57.4 Å². The Morgan fingerprint density at radius 1 is 1.52 bits per heavy atom. The third-order valence-electron chi connectivity index (χ3n) is 4.33. The van der Waals surface area contributed by atoms with Crippen molar-refractivity contribution < 1.29 is 9.15 Å². The lowest BCUT2D eigenvalue weighted by Gasteiger charge is -2.25. The van der Waals surface area contributed by atoms with E-state index >= 15 is 0 Å². The van der Waals surface area contributed by atoms with Crippen LogP contribution in [0.3, 0.4) is 0 Å². The summed E-state index contributed by atoms with van der Waals surface area (Å²) in [6.45, 7) is 10.9. The number of guanidine groups is 1. The van der Waals surface area contributed by atoms with E-state index < -0.39 is 0 Å². The zero-order chi connectivity index (χ0) is 16.5. The van der Waals surface area contributed by atoms with Crippen molar-refractivity contribution in [3.63, 3.8) is 0 Å². The molecule has 0 amide bonds. The van der Waals surface area contributed by atoms with Crippen LogP contribution in [-0.2, 0) is 11.2 Å². The maximum atomic E-state index is 5.58. The van der Waals surface area contributed by atoms with Gasteiger partial charge in [-0.05, 0) is 38.8 Å². The fourth-order valence-corrected chi connectivity index (χ4v) is 2.73. The van der Waals surface area contributed by atoms with Gasteiger partial charge in [-0.1, -0.05) is 6.92 Å². The highest BCUT2D eigenvalue weighted by molar-refractivity contribution is 5.80. The summed E-state index contributed by atoms with van der Waals surface area (Å²) in [6.07, 6.45) is 4.83. The van der Waals surface area contributed by atoms with E-state index in [0.29, 0.717) is 12.0 Å². The fourth-order valence-electron chi connectivity index (χ4n) is 2.73. The Hall–Kier alpha value is -1.49. The van der Waals surface area contributed by atoms with Gasteiger partial charge >= 0.3 is 0 Å². The van der Waals surface area contributed by atoms with Crippen molar-refractivity contribution in [3.8, 4) is 0 Å². The van der Waals surface area contributed by atoms with Crippen LogP contribution in [-0.4, -0.2) is 49.7 Å². The molecule has 0 saturated carbocycles. The standard InChI is InChI=1S/C18H31N3O2/c1-4-15(3)20-18(19-10-8-17-7-6-12-23-17)21-11-9-16(13-21)14-22-5-2/h6-7,12,15-16H,4-5,8-11,13-14H2,1-3H3,(H,19,20). The molecular formula is C18H31N3O2. The second-order valence-electron chi connectivity index (χ2n) is 6.25. The number of nitrogens with one attached hydrogen (secondary N) is 1. The van der Waals surface area contributed by atoms with E-state index in [4.69, 9.17) is 14.1 Å². The van der Waals surface area contributed by atoms with Crippen LogP contribution in [0.1, 0.15) is 39.4 Å². The monoisotopic (exact) mass is 321 g/mol. The molecule has 0 radical (unpaired) electrons. The third kappa shape index (κ3) is 5.90. The SMILES string of the molecule is CCOCC1CCN(C(=NCCc2ccco2)NC(C)CC)C1. The van der Waals surface area contributed by atoms with Crippen LogP contribution in [0.25, 0.3) is 0 Å². The van der Waals surface area contributed by atoms with Crippen molar-refractivity contribution in [2.45, 2.75) is 46.1 Å². The second-order valence-corrected chi connectivity index (χ2v) is 6.25. The first-order valence-corrected chi connectivity index (χ1v) is 8.89. The molecule has 1 aromatic rings. The lowest BCUT2D eigenvalue weighted by molar-refractivity contribution is 0.114. The minimum Gasteiger partial charge on any atom is -0.469 e. The molecular weight excluding hydrogens is 290 g/mol. The predicted octanol–water partition coefficient (Wildman–Crippen LogP) is 2.92. The molecule has 2 atom stereocenters.